The Labute approximate surface area is 113 Å². The average Bonchev–Trinajstić information content (AvgIpc) is 2.68. The highest BCUT2D eigenvalue weighted by Gasteiger charge is 2.62. The van der Waals surface area contributed by atoms with Gasteiger partial charge in [-0.15, -0.1) is 0 Å². The molecule has 3 unspecified atom stereocenters. The average molecular weight is 264 g/mol. The van der Waals surface area contributed by atoms with Crippen LogP contribution in [0.5, 0.6) is 0 Å². The van der Waals surface area contributed by atoms with Crippen LogP contribution < -0.4 is 0 Å². The summed E-state index contributed by atoms with van der Waals surface area (Å²) in [5, 5.41) is 9.28. The van der Waals surface area contributed by atoms with Crippen molar-refractivity contribution in [2.45, 2.75) is 38.9 Å². The monoisotopic (exact) mass is 264 g/mol. The molecule has 19 heavy (non-hydrogen) atoms. The summed E-state index contributed by atoms with van der Waals surface area (Å²) in [7, 11) is 0. The van der Waals surface area contributed by atoms with Crippen LogP contribution >= 0.6 is 0 Å². The molecular weight excluding hydrogens is 244 g/mol. The number of carbonyl (C=O) groups is 1. The molecule has 1 aliphatic heterocycles. The van der Waals surface area contributed by atoms with E-state index in [1.165, 1.54) is 0 Å². The van der Waals surface area contributed by atoms with E-state index in [9.17, 15) is 10.1 Å². The molecule has 4 nitrogen and oxygen atoms in total. The predicted molar refractivity (Wildman–Crippen MR) is 69.2 cm³/mol. The van der Waals surface area contributed by atoms with E-state index in [4.69, 9.17) is 9.62 Å². The molecular formula is C15H20O4. The summed E-state index contributed by atoms with van der Waals surface area (Å²) >= 11 is 0. The zero-order valence-electron chi connectivity index (χ0n) is 11.4. The Balaban J connectivity index is 1.96. The van der Waals surface area contributed by atoms with E-state index in [0.29, 0.717) is 12.5 Å². The van der Waals surface area contributed by atoms with E-state index in [1.807, 2.05) is 12.2 Å². The Morgan fingerprint density at radius 1 is 1.37 bits per heavy atom. The number of ether oxygens (including phenoxy) is 1. The third-order valence-electron chi connectivity index (χ3n) is 5.44. The van der Waals surface area contributed by atoms with Crippen LogP contribution in [0.1, 0.15) is 33.1 Å². The van der Waals surface area contributed by atoms with Crippen molar-refractivity contribution in [1.29, 1.82) is 0 Å². The number of rotatable bonds is 1. The van der Waals surface area contributed by atoms with Gasteiger partial charge in [-0.3, -0.25) is 4.79 Å². The SMILES string of the molecule is CC1(OO)OCCC2CC3(C=CC(=O)C=C3)CC21C. The van der Waals surface area contributed by atoms with Gasteiger partial charge in [0.15, 0.2) is 5.78 Å². The third kappa shape index (κ3) is 1.74. The molecule has 2 aliphatic carbocycles. The van der Waals surface area contributed by atoms with Crippen LogP contribution in [0.15, 0.2) is 24.3 Å². The Morgan fingerprint density at radius 2 is 2.05 bits per heavy atom. The molecule has 104 valence electrons. The number of hydrogen-bond acceptors (Lipinski definition) is 4. The second kappa shape index (κ2) is 4.01. The molecule has 0 radical (unpaired) electrons. The smallest absolute Gasteiger partial charge is 0.204 e. The van der Waals surface area contributed by atoms with Gasteiger partial charge in [0.2, 0.25) is 5.79 Å². The van der Waals surface area contributed by atoms with E-state index in [-0.39, 0.29) is 16.6 Å². The van der Waals surface area contributed by atoms with Crippen molar-refractivity contribution >= 4 is 5.78 Å². The van der Waals surface area contributed by atoms with Crippen LogP contribution in [0.25, 0.3) is 0 Å². The van der Waals surface area contributed by atoms with Gasteiger partial charge in [0.05, 0.1) is 6.61 Å². The van der Waals surface area contributed by atoms with Crippen LogP contribution in [0, 0.1) is 16.7 Å². The van der Waals surface area contributed by atoms with Crippen LogP contribution in [0.4, 0.5) is 0 Å². The van der Waals surface area contributed by atoms with Crippen LogP contribution in [-0.2, 0) is 14.4 Å². The molecule has 1 N–H and O–H groups in total. The van der Waals surface area contributed by atoms with Gasteiger partial charge in [0.1, 0.15) is 0 Å². The summed E-state index contributed by atoms with van der Waals surface area (Å²) in [4.78, 5) is 16.0. The predicted octanol–water partition coefficient (Wildman–Crippen LogP) is 2.71. The highest BCUT2D eigenvalue weighted by Crippen LogP contribution is 2.63. The van der Waals surface area contributed by atoms with Gasteiger partial charge < -0.3 is 4.74 Å². The Morgan fingerprint density at radius 3 is 2.68 bits per heavy atom. The lowest BCUT2D eigenvalue weighted by Crippen LogP contribution is -2.53. The first-order valence-electron chi connectivity index (χ1n) is 6.82. The number of ketones is 1. The van der Waals surface area contributed by atoms with E-state index in [1.54, 1.807) is 19.1 Å². The third-order valence-corrected chi connectivity index (χ3v) is 5.44. The molecule has 1 saturated heterocycles. The largest absolute Gasteiger partial charge is 0.347 e. The van der Waals surface area contributed by atoms with Gasteiger partial charge in [0.25, 0.3) is 0 Å². The first-order chi connectivity index (χ1) is 8.93. The van der Waals surface area contributed by atoms with Crippen molar-refractivity contribution in [2.75, 3.05) is 6.61 Å². The van der Waals surface area contributed by atoms with Crippen molar-refractivity contribution < 1.29 is 19.7 Å². The van der Waals surface area contributed by atoms with Gasteiger partial charge >= 0.3 is 0 Å². The maximum Gasteiger partial charge on any atom is 0.204 e. The molecule has 0 amide bonds. The summed E-state index contributed by atoms with van der Waals surface area (Å²) in [5.74, 6) is -0.508. The Bertz CT molecular complexity index is 451. The second-order valence-electron chi connectivity index (χ2n) is 6.47. The fraction of sp³-hybridized carbons (Fsp3) is 0.667. The maximum absolute atomic E-state index is 11.3. The second-order valence-corrected chi connectivity index (χ2v) is 6.47. The molecule has 0 aromatic carbocycles. The lowest BCUT2D eigenvalue weighted by molar-refractivity contribution is -0.444. The first kappa shape index (κ1) is 13.0. The van der Waals surface area contributed by atoms with Gasteiger partial charge in [-0.1, -0.05) is 19.1 Å². The lowest BCUT2D eigenvalue weighted by atomic mass is 9.69. The van der Waals surface area contributed by atoms with Gasteiger partial charge in [-0.05, 0) is 44.3 Å². The fourth-order valence-electron chi connectivity index (χ4n) is 4.09. The summed E-state index contributed by atoms with van der Waals surface area (Å²) in [6.07, 6.45) is 10.1. The van der Waals surface area contributed by atoms with Crippen molar-refractivity contribution in [3.8, 4) is 0 Å². The number of hydrogen-bond donors (Lipinski definition) is 1. The van der Waals surface area contributed by atoms with E-state index in [2.05, 4.69) is 6.92 Å². The Kier molecular flexibility index (Phi) is 2.75. The number of carbonyl (C=O) groups excluding carboxylic acids is 1. The normalized spacial score (nSPS) is 43.7. The molecule has 1 heterocycles. The number of fused-ring (bicyclic) bond motifs is 1. The molecule has 4 heteroatoms. The summed E-state index contributed by atoms with van der Waals surface area (Å²) < 4.78 is 5.70. The van der Waals surface area contributed by atoms with E-state index >= 15 is 0 Å². The molecule has 3 atom stereocenters. The van der Waals surface area contributed by atoms with Crippen LogP contribution in [-0.4, -0.2) is 23.4 Å². The molecule has 0 aromatic rings. The molecule has 3 rings (SSSR count). The van der Waals surface area contributed by atoms with Gasteiger partial charge in [0, 0.05) is 10.8 Å². The summed E-state index contributed by atoms with van der Waals surface area (Å²) in [5.41, 5.74) is -0.351. The minimum atomic E-state index is -0.970. The first-order valence-corrected chi connectivity index (χ1v) is 6.82. The molecule has 3 aliphatic rings. The van der Waals surface area contributed by atoms with Crippen molar-refractivity contribution in [3.63, 3.8) is 0 Å². The van der Waals surface area contributed by atoms with Crippen LogP contribution in [0.3, 0.4) is 0 Å². The molecule has 0 bridgehead atoms. The van der Waals surface area contributed by atoms with Gasteiger partial charge in [-0.25, -0.2) is 10.1 Å². The highest BCUT2D eigenvalue weighted by molar-refractivity contribution is 6.00. The van der Waals surface area contributed by atoms with Crippen molar-refractivity contribution in [1.82, 2.24) is 0 Å². The summed E-state index contributed by atoms with van der Waals surface area (Å²) in [6.45, 7) is 4.51. The Hall–Kier alpha value is -0.970. The molecule has 2 fully saturated rings. The lowest BCUT2D eigenvalue weighted by Gasteiger charge is -2.48. The van der Waals surface area contributed by atoms with Crippen molar-refractivity contribution in [3.05, 3.63) is 24.3 Å². The molecule has 1 spiro atoms. The minimum Gasteiger partial charge on any atom is -0.347 e. The zero-order chi connectivity index (χ0) is 13.7. The van der Waals surface area contributed by atoms with Gasteiger partial charge in [-0.2, -0.15) is 0 Å². The topological polar surface area (TPSA) is 55.8 Å². The highest BCUT2D eigenvalue weighted by atomic mass is 17.1. The zero-order valence-corrected chi connectivity index (χ0v) is 11.4. The van der Waals surface area contributed by atoms with Crippen LogP contribution in [0.2, 0.25) is 0 Å². The summed E-state index contributed by atoms with van der Waals surface area (Å²) in [6, 6.07) is 0. The minimum absolute atomic E-state index is 0.0445. The fourth-order valence-corrected chi connectivity index (χ4v) is 4.09. The quantitative estimate of drug-likeness (QED) is 0.584. The molecule has 1 saturated carbocycles. The molecule has 0 aromatic heterocycles. The maximum atomic E-state index is 11.3. The number of allylic oxidation sites excluding steroid dienone is 4. The van der Waals surface area contributed by atoms with E-state index < -0.39 is 5.79 Å². The standard InChI is InChI=1S/C15H20O4/c1-13-10-15(6-3-12(16)4-7-15)9-11(13)5-8-18-14(13,2)19-17/h3-4,6-7,11,17H,5,8-10H2,1-2H3. The van der Waals surface area contributed by atoms with Crippen molar-refractivity contribution in [2.24, 2.45) is 16.7 Å². The van der Waals surface area contributed by atoms with E-state index in [0.717, 1.165) is 19.3 Å².